The summed E-state index contributed by atoms with van der Waals surface area (Å²) in [6, 6.07) is 15.0. The summed E-state index contributed by atoms with van der Waals surface area (Å²) in [6.45, 7) is 3.18. The van der Waals surface area contributed by atoms with Crippen LogP contribution in [0.2, 0.25) is 0 Å². The van der Waals surface area contributed by atoms with Gasteiger partial charge in [0.25, 0.3) is 0 Å². The first-order valence-corrected chi connectivity index (χ1v) is 9.70. The van der Waals surface area contributed by atoms with Crippen LogP contribution >= 0.6 is 11.3 Å². The highest BCUT2D eigenvalue weighted by Crippen LogP contribution is 2.37. The van der Waals surface area contributed by atoms with Crippen LogP contribution in [0.5, 0.6) is 0 Å². The van der Waals surface area contributed by atoms with Crippen molar-refractivity contribution in [1.29, 1.82) is 0 Å². The lowest BCUT2D eigenvalue weighted by atomic mass is 9.88. The Bertz CT molecular complexity index is 711. The minimum Gasteiger partial charge on any atom is -0.370 e. The molecule has 1 atom stereocenters. The predicted octanol–water partition coefficient (Wildman–Crippen LogP) is 2.79. The van der Waals surface area contributed by atoms with Crippen molar-refractivity contribution in [3.63, 3.8) is 0 Å². The standard InChI is InChI=1S/C20H24N2O2S/c1-21(12-16-6-3-2-4-7-16)17-11-20(24-13-17)14-22(15-20)19(23)10-18-8-5-9-25-18/h2-9,17H,10-15H2,1H3/t17-/m0/s1. The molecule has 4 rings (SSSR count). The fourth-order valence-corrected chi connectivity index (χ4v) is 4.52. The number of thiophene rings is 1. The molecule has 5 heteroatoms. The van der Waals surface area contributed by atoms with Gasteiger partial charge in [0.2, 0.25) is 5.91 Å². The molecule has 1 aromatic heterocycles. The van der Waals surface area contributed by atoms with Crippen molar-refractivity contribution in [3.05, 3.63) is 58.3 Å². The van der Waals surface area contributed by atoms with E-state index in [0.29, 0.717) is 12.5 Å². The van der Waals surface area contributed by atoms with E-state index >= 15 is 0 Å². The molecule has 25 heavy (non-hydrogen) atoms. The normalized spacial score (nSPS) is 21.7. The Morgan fingerprint density at radius 1 is 1.28 bits per heavy atom. The average molecular weight is 356 g/mol. The van der Waals surface area contributed by atoms with Crippen LogP contribution < -0.4 is 0 Å². The smallest absolute Gasteiger partial charge is 0.228 e. The van der Waals surface area contributed by atoms with Crippen LogP contribution in [0.25, 0.3) is 0 Å². The molecule has 0 unspecified atom stereocenters. The van der Waals surface area contributed by atoms with E-state index in [1.54, 1.807) is 11.3 Å². The van der Waals surface area contributed by atoms with Crippen LogP contribution in [0.15, 0.2) is 47.8 Å². The summed E-state index contributed by atoms with van der Waals surface area (Å²) < 4.78 is 6.13. The van der Waals surface area contributed by atoms with E-state index in [9.17, 15) is 4.79 Å². The number of amides is 1. The Morgan fingerprint density at radius 2 is 2.08 bits per heavy atom. The topological polar surface area (TPSA) is 32.8 Å². The van der Waals surface area contributed by atoms with E-state index in [1.807, 2.05) is 28.5 Å². The summed E-state index contributed by atoms with van der Waals surface area (Å²) >= 11 is 1.65. The lowest BCUT2D eigenvalue weighted by molar-refractivity contribution is -0.157. The molecular formula is C20H24N2O2S. The molecule has 3 heterocycles. The number of nitrogens with zero attached hydrogens (tertiary/aromatic N) is 2. The van der Waals surface area contributed by atoms with Gasteiger partial charge in [0.05, 0.1) is 26.1 Å². The molecule has 2 aliphatic heterocycles. The fraction of sp³-hybridized carbons (Fsp3) is 0.450. The molecule has 4 nitrogen and oxygen atoms in total. The molecule has 2 aliphatic rings. The van der Waals surface area contributed by atoms with E-state index in [0.717, 1.165) is 37.5 Å². The Labute approximate surface area is 153 Å². The minimum atomic E-state index is -0.110. The summed E-state index contributed by atoms with van der Waals surface area (Å²) in [5, 5.41) is 2.02. The zero-order chi connectivity index (χ0) is 17.3. The Morgan fingerprint density at radius 3 is 2.80 bits per heavy atom. The van der Waals surface area contributed by atoms with Gasteiger partial charge in [0.1, 0.15) is 5.60 Å². The van der Waals surface area contributed by atoms with Gasteiger partial charge in [-0.2, -0.15) is 0 Å². The SMILES string of the molecule is CN(Cc1ccccc1)[C@@H]1COC2(C1)CN(C(=O)Cc1cccs1)C2. The predicted molar refractivity (Wildman–Crippen MR) is 99.6 cm³/mol. The summed E-state index contributed by atoms with van der Waals surface area (Å²) in [6.07, 6.45) is 1.53. The number of carbonyl (C=O) groups is 1. The Hall–Kier alpha value is -1.69. The number of likely N-dealkylation sites (N-methyl/N-ethyl adjacent to an activating group) is 1. The lowest BCUT2D eigenvalue weighted by Crippen LogP contribution is -2.63. The highest BCUT2D eigenvalue weighted by molar-refractivity contribution is 7.10. The van der Waals surface area contributed by atoms with Gasteiger partial charge in [-0.1, -0.05) is 36.4 Å². The summed E-state index contributed by atoms with van der Waals surface area (Å²) in [7, 11) is 2.17. The second kappa shape index (κ2) is 6.90. The fourth-order valence-electron chi connectivity index (χ4n) is 3.82. The molecule has 0 saturated carbocycles. The van der Waals surface area contributed by atoms with E-state index in [1.165, 1.54) is 5.56 Å². The van der Waals surface area contributed by atoms with Crippen molar-refractivity contribution in [2.24, 2.45) is 0 Å². The molecule has 1 spiro atoms. The largest absolute Gasteiger partial charge is 0.370 e. The molecule has 0 bridgehead atoms. The average Bonchev–Trinajstić information content (AvgIpc) is 3.23. The maximum absolute atomic E-state index is 12.4. The number of benzene rings is 1. The van der Waals surface area contributed by atoms with Gasteiger partial charge >= 0.3 is 0 Å². The molecule has 1 aromatic carbocycles. The lowest BCUT2D eigenvalue weighted by Gasteiger charge is -2.47. The zero-order valence-corrected chi connectivity index (χ0v) is 15.4. The molecule has 0 aliphatic carbocycles. The molecule has 0 N–H and O–H groups in total. The van der Waals surface area contributed by atoms with Gasteiger partial charge in [0, 0.05) is 17.5 Å². The van der Waals surface area contributed by atoms with Crippen LogP contribution in [0.1, 0.15) is 16.9 Å². The van der Waals surface area contributed by atoms with Crippen LogP contribution in [0, 0.1) is 0 Å². The van der Waals surface area contributed by atoms with Gasteiger partial charge in [-0.3, -0.25) is 9.69 Å². The second-order valence-corrected chi connectivity index (χ2v) is 8.29. The van der Waals surface area contributed by atoms with E-state index < -0.39 is 0 Å². The molecule has 0 radical (unpaired) electrons. The monoisotopic (exact) mass is 356 g/mol. The highest BCUT2D eigenvalue weighted by Gasteiger charge is 2.51. The van der Waals surface area contributed by atoms with Crippen LogP contribution in [0.3, 0.4) is 0 Å². The van der Waals surface area contributed by atoms with Crippen molar-refractivity contribution in [2.75, 3.05) is 26.7 Å². The van der Waals surface area contributed by atoms with Gasteiger partial charge in [0.15, 0.2) is 0 Å². The quantitative estimate of drug-likeness (QED) is 0.826. The van der Waals surface area contributed by atoms with Crippen molar-refractivity contribution in [1.82, 2.24) is 9.80 Å². The molecule has 2 aromatic rings. The molecule has 2 saturated heterocycles. The number of likely N-dealkylation sites (tertiary alicyclic amines) is 1. The third-order valence-electron chi connectivity index (χ3n) is 5.30. The Balaban J connectivity index is 1.27. The van der Waals surface area contributed by atoms with Crippen molar-refractivity contribution in [3.8, 4) is 0 Å². The van der Waals surface area contributed by atoms with Crippen molar-refractivity contribution >= 4 is 17.2 Å². The van der Waals surface area contributed by atoms with E-state index in [2.05, 4.69) is 36.2 Å². The second-order valence-electron chi connectivity index (χ2n) is 7.26. The van der Waals surface area contributed by atoms with E-state index in [4.69, 9.17) is 4.74 Å². The number of hydrogen-bond acceptors (Lipinski definition) is 4. The molecule has 1 amide bonds. The van der Waals surface area contributed by atoms with Crippen LogP contribution in [-0.4, -0.2) is 54.1 Å². The summed E-state index contributed by atoms with van der Waals surface area (Å²) in [5.41, 5.74) is 1.22. The third kappa shape index (κ3) is 3.64. The third-order valence-corrected chi connectivity index (χ3v) is 6.18. The number of hydrogen-bond donors (Lipinski definition) is 0. The number of rotatable bonds is 5. The van der Waals surface area contributed by atoms with Crippen molar-refractivity contribution < 1.29 is 9.53 Å². The Kier molecular flexibility index (Phi) is 4.63. The molecule has 2 fully saturated rings. The summed E-state index contributed by atoms with van der Waals surface area (Å²) in [5.74, 6) is 0.220. The maximum atomic E-state index is 12.4. The highest BCUT2D eigenvalue weighted by atomic mass is 32.1. The van der Waals surface area contributed by atoms with E-state index in [-0.39, 0.29) is 11.5 Å². The first-order valence-electron chi connectivity index (χ1n) is 8.82. The van der Waals surface area contributed by atoms with Crippen LogP contribution in [-0.2, 0) is 22.5 Å². The number of ether oxygens (including phenoxy) is 1. The summed E-state index contributed by atoms with van der Waals surface area (Å²) in [4.78, 5) is 17.8. The van der Waals surface area contributed by atoms with Crippen LogP contribution in [0.4, 0.5) is 0 Å². The molecular weight excluding hydrogens is 332 g/mol. The van der Waals surface area contributed by atoms with Gasteiger partial charge in [-0.25, -0.2) is 0 Å². The first-order chi connectivity index (χ1) is 12.1. The van der Waals surface area contributed by atoms with Crippen molar-refractivity contribution in [2.45, 2.75) is 31.0 Å². The van der Waals surface area contributed by atoms with Gasteiger partial charge in [-0.05, 0) is 30.5 Å². The number of carbonyl (C=O) groups excluding carboxylic acids is 1. The first kappa shape index (κ1) is 16.8. The zero-order valence-electron chi connectivity index (χ0n) is 14.6. The van der Waals surface area contributed by atoms with Gasteiger partial charge in [-0.15, -0.1) is 11.3 Å². The van der Waals surface area contributed by atoms with Gasteiger partial charge < -0.3 is 9.64 Å². The maximum Gasteiger partial charge on any atom is 0.228 e. The molecule has 132 valence electrons. The minimum absolute atomic E-state index is 0.110.